The molecule has 5 rings (SSSR count). The summed E-state index contributed by atoms with van der Waals surface area (Å²) in [5.41, 5.74) is 9.97. The minimum atomic E-state index is -2.59. The fourth-order valence-corrected chi connectivity index (χ4v) is 6.78. The van der Waals surface area contributed by atoms with Crippen LogP contribution in [0.5, 0.6) is 5.75 Å². The molecular weight excluding hydrogens is 482 g/mol. The number of carbonyl (C=O) groups is 3. The number of hydrogen-bond donors (Lipinski definition) is 5. The molecule has 7 N–H and O–H groups in total. The Morgan fingerprint density at radius 1 is 1.24 bits per heavy atom. The number of nitrogens with zero attached hydrogens (tertiary/aromatic N) is 3. The summed E-state index contributed by atoms with van der Waals surface area (Å²) in [4.78, 5) is 55.4. The number of fused-ring (bicyclic) bond motifs is 5. The average Bonchev–Trinajstić information content (AvgIpc) is 2.82. The van der Waals surface area contributed by atoms with Gasteiger partial charge in [-0.3, -0.25) is 14.4 Å². The van der Waals surface area contributed by atoms with Crippen molar-refractivity contribution in [3.05, 3.63) is 50.3 Å². The monoisotopic (exact) mass is 511 g/mol. The summed E-state index contributed by atoms with van der Waals surface area (Å²) in [6, 6.07) is 0.161. The first-order valence-electron chi connectivity index (χ1n) is 12.0. The molecule has 12 heteroatoms. The first-order chi connectivity index (χ1) is 17.4. The van der Waals surface area contributed by atoms with Crippen molar-refractivity contribution in [2.75, 3.05) is 32.6 Å². The van der Waals surface area contributed by atoms with Crippen LogP contribution in [0.1, 0.15) is 40.4 Å². The van der Waals surface area contributed by atoms with Crippen molar-refractivity contribution in [3.63, 3.8) is 0 Å². The molecule has 1 amide bonds. The van der Waals surface area contributed by atoms with Crippen LogP contribution >= 0.6 is 0 Å². The fourth-order valence-electron chi connectivity index (χ4n) is 6.78. The predicted molar refractivity (Wildman–Crippen MR) is 132 cm³/mol. The van der Waals surface area contributed by atoms with Crippen LogP contribution in [0.4, 0.5) is 5.69 Å². The highest BCUT2D eigenvalue weighted by Gasteiger charge is 2.64. The number of allylic oxidation sites excluding steroid dienone is 1. The van der Waals surface area contributed by atoms with Crippen LogP contribution in [-0.4, -0.2) is 77.0 Å². The summed E-state index contributed by atoms with van der Waals surface area (Å²) >= 11 is 0. The molecule has 1 unspecified atom stereocenters. The van der Waals surface area contributed by atoms with Crippen LogP contribution < -0.4 is 16.4 Å². The van der Waals surface area contributed by atoms with Crippen molar-refractivity contribution < 1.29 is 29.7 Å². The van der Waals surface area contributed by atoms with E-state index in [4.69, 9.17) is 11.5 Å². The molecule has 0 saturated carbocycles. The highest BCUT2D eigenvalue weighted by molar-refractivity contribution is 6.25. The molecule has 5 atom stereocenters. The van der Waals surface area contributed by atoms with Crippen molar-refractivity contribution in [1.82, 2.24) is 4.90 Å². The van der Waals surface area contributed by atoms with E-state index in [1.165, 1.54) is 0 Å². The van der Waals surface area contributed by atoms with Crippen LogP contribution in [0.2, 0.25) is 0 Å². The Labute approximate surface area is 212 Å². The fraction of sp³-hybridized carbons (Fsp3) is 0.480. The Morgan fingerprint density at radius 3 is 2.51 bits per heavy atom. The molecule has 0 fully saturated rings. The number of ketones is 2. The second-order valence-electron chi connectivity index (χ2n) is 10.5. The molecule has 1 aromatic carbocycles. The first kappa shape index (κ1) is 24.9. The number of amides is 1. The maximum absolute atomic E-state index is 13.8. The van der Waals surface area contributed by atoms with Gasteiger partial charge in [0.15, 0.2) is 5.78 Å². The van der Waals surface area contributed by atoms with E-state index in [-0.39, 0.29) is 35.8 Å². The highest BCUT2D eigenvalue weighted by atomic mass is 16.3. The molecule has 196 valence electrons. The van der Waals surface area contributed by atoms with Gasteiger partial charge in [0.1, 0.15) is 22.8 Å². The maximum atomic E-state index is 13.8. The van der Waals surface area contributed by atoms with Gasteiger partial charge in [0.05, 0.1) is 11.6 Å². The SMILES string of the molecule is CN1CCC(N(C)C)c2cc(O)c3c(c21)C[C@H]1C[C@H]2[C@H](N)C(O)=C(C(N)=O)C(=O)[C@@]2(N=O)C(O)=C1C3=O. The third-order valence-electron chi connectivity index (χ3n) is 8.50. The Kier molecular flexibility index (Phi) is 5.46. The molecule has 3 aliphatic carbocycles. The van der Waals surface area contributed by atoms with Gasteiger partial charge in [-0.2, -0.15) is 0 Å². The Hall–Kier alpha value is -3.77. The molecule has 0 bridgehead atoms. The number of phenols is 1. The molecule has 37 heavy (non-hydrogen) atoms. The number of Topliss-reactive ketones (excluding diaryl/α,β-unsaturated/α-hetero) is 2. The largest absolute Gasteiger partial charge is 0.510 e. The summed E-state index contributed by atoms with van der Waals surface area (Å²) < 4.78 is 0. The van der Waals surface area contributed by atoms with Crippen molar-refractivity contribution >= 4 is 23.2 Å². The van der Waals surface area contributed by atoms with E-state index in [9.17, 15) is 34.6 Å². The molecule has 0 aromatic heterocycles. The zero-order chi connectivity index (χ0) is 27.1. The lowest BCUT2D eigenvalue weighted by atomic mass is 9.57. The third-order valence-corrected chi connectivity index (χ3v) is 8.50. The minimum Gasteiger partial charge on any atom is -0.510 e. The van der Waals surface area contributed by atoms with Crippen LogP contribution in [-0.2, 0) is 16.0 Å². The molecule has 0 radical (unpaired) electrons. The van der Waals surface area contributed by atoms with Gasteiger partial charge in [-0.25, -0.2) is 0 Å². The van der Waals surface area contributed by atoms with E-state index in [0.29, 0.717) is 12.1 Å². The number of rotatable bonds is 3. The van der Waals surface area contributed by atoms with E-state index in [2.05, 4.69) is 5.18 Å². The zero-order valence-corrected chi connectivity index (χ0v) is 20.7. The number of anilines is 1. The lowest BCUT2D eigenvalue weighted by molar-refractivity contribution is -0.127. The lowest BCUT2D eigenvalue weighted by Gasteiger charge is -2.47. The van der Waals surface area contributed by atoms with Crippen LogP contribution in [0.25, 0.3) is 0 Å². The van der Waals surface area contributed by atoms with Gasteiger partial charge in [-0.05, 0) is 61.6 Å². The molecule has 1 aliphatic heterocycles. The number of aliphatic hydroxyl groups excluding tert-OH is 2. The van der Waals surface area contributed by atoms with Gasteiger partial charge in [-0.15, -0.1) is 4.91 Å². The van der Waals surface area contributed by atoms with Crippen molar-refractivity contribution in [2.24, 2.45) is 28.5 Å². The third kappa shape index (κ3) is 3.05. The molecule has 4 aliphatic rings. The molecule has 0 spiro atoms. The summed E-state index contributed by atoms with van der Waals surface area (Å²) in [7, 11) is 5.78. The number of hydrogen-bond acceptors (Lipinski definition) is 11. The maximum Gasteiger partial charge on any atom is 0.255 e. The normalized spacial score (nSPS) is 31.1. The number of aliphatic hydroxyl groups is 2. The van der Waals surface area contributed by atoms with E-state index in [1.807, 2.05) is 30.9 Å². The van der Waals surface area contributed by atoms with Crippen molar-refractivity contribution in [2.45, 2.75) is 36.9 Å². The summed E-state index contributed by atoms with van der Waals surface area (Å²) in [6.45, 7) is 0.717. The van der Waals surface area contributed by atoms with Gasteiger partial charge < -0.3 is 36.6 Å². The topological polar surface area (TPSA) is 200 Å². The van der Waals surface area contributed by atoms with Gasteiger partial charge in [0.25, 0.3) is 5.91 Å². The van der Waals surface area contributed by atoms with Gasteiger partial charge in [0, 0.05) is 36.8 Å². The summed E-state index contributed by atoms with van der Waals surface area (Å²) in [5, 5.41) is 35.8. The zero-order valence-electron chi connectivity index (χ0n) is 20.7. The Bertz CT molecular complexity index is 1350. The number of aromatic hydroxyl groups is 1. The number of nitrogens with two attached hydrogens (primary N) is 2. The predicted octanol–water partition coefficient (Wildman–Crippen LogP) is 0.734. The highest BCUT2D eigenvalue weighted by Crippen LogP contribution is 2.55. The second kappa shape index (κ2) is 8.12. The van der Waals surface area contributed by atoms with Gasteiger partial charge in [-0.1, -0.05) is 0 Å². The summed E-state index contributed by atoms with van der Waals surface area (Å²) in [6.07, 6.45) is 0.976. The van der Waals surface area contributed by atoms with E-state index < -0.39 is 58.0 Å². The van der Waals surface area contributed by atoms with Crippen LogP contribution in [0.15, 0.2) is 33.9 Å². The number of benzene rings is 1. The van der Waals surface area contributed by atoms with Gasteiger partial charge >= 0.3 is 0 Å². The molecule has 12 nitrogen and oxygen atoms in total. The standard InChI is InChI=1S/C25H29N5O7/c1-29(2)13-4-5-30(3)19-10(13)8-14(31)16-11(19)6-9-7-12-18(26)21(33)17(24(27)36)23(35)25(12,28-37)22(34)15(9)20(16)32/h8-9,12-13,18,31,33-34H,4-7,26H2,1-3H3,(H2,27,36)/t9-,12-,13?,18-,25-/m0/s1. The number of phenolic OH excluding ortho intramolecular Hbond substituents is 1. The molecular formula is C25H29N5O7. The first-order valence-corrected chi connectivity index (χ1v) is 12.0. The van der Waals surface area contributed by atoms with E-state index in [1.54, 1.807) is 6.07 Å². The lowest BCUT2D eigenvalue weighted by Crippen LogP contribution is -2.62. The molecule has 1 aromatic rings. The summed E-state index contributed by atoms with van der Waals surface area (Å²) in [5.74, 6) is -7.22. The van der Waals surface area contributed by atoms with E-state index in [0.717, 1.165) is 17.7 Å². The van der Waals surface area contributed by atoms with E-state index >= 15 is 0 Å². The molecule has 1 heterocycles. The van der Waals surface area contributed by atoms with Crippen LogP contribution in [0, 0.1) is 16.7 Å². The Morgan fingerprint density at radius 2 is 1.92 bits per heavy atom. The second-order valence-corrected chi connectivity index (χ2v) is 10.5. The van der Waals surface area contributed by atoms with Crippen LogP contribution in [0.3, 0.4) is 0 Å². The quantitative estimate of drug-likeness (QED) is 0.285. The Balaban J connectivity index is 1.74. The van der Waals surface area contributed by atoms with Crippen molar-refractivity contribution in [1.29, 1.82) is 0 Å². The van der Waals surface area contributed by atoms with Gasteiger partial charge in [0.2, 0.25) is 11.3 Å². The van der Waals surface area contributed by atoms with Crippen molar-refractivity contribution in [3.8, 4) is 5.75 Å². The smallest absolute Gasteiger partial charge is 0.255 e. The number of nitroso groups, excluding NO2 is 1. The number of primary amides is 1. The number of carbonyl (C=O) groups excluding carboxylic acids is 3. The molecule has 0 saturated heterocycles. The average molecular weight is 512 g/mol. The minimum absolute atomic E-state index is 0.0108.